The van der Waals surface area contributed by atoms with Crippen molar-refractivity contribution in [3.05, 3.63) is 53.1 Å². The monoisotopic (exact) mass is 353 g/mol. The van der Waals surface area contributed by atoms with Gasteiger partial charge in [-0.25, -0.2) is 0 Å². The maximum absolute atomic E-state index is 12.3. The molecular formula is C21H27N3O2. The number of hydrogen-bond acceptors (Lipinski definition) is 3. The molecule has 0 aromatic heterocycles. The lowest BCUT2D eigenvalue weighted by Crippen LogP contribution is -2.23. The molecule has 2 rings (SSSR count). The minimum atomic E-state index is -0.113. The van der Waals surface area contributed by atoms with Gasteiger partial charge in [0.1, 0.15) is 0 Å². The number of carbonyl (C=O) groups excluding carboxylic acids is 2. The zero-order valence-corrected chi connectivity index (χ0v) is 16.1. The van der Waals surface area contributed by atoms with Crippen LogP contribution in [0, 0.1) is 26.7 Å². The zero-order valence-electron chi connectivity index (χ0n) is 16.1. The molecule has 0 atom stereocenters. The highest BCUT2D eigenvalue weighted by atomic mass is 16.2. The van der Waals surface area contributed by atoms with Gasteiger partial charge in [0.15, 0.2) is 0 Å². The van der Waals surface area contributed by atoms with Crippen LogP contribution in [-0.4, -0.2) is 18.4 Å². The van der Waals surface area contributed by atoms with Gasteiger partial charge in [-0.05, 0) is 49.6 Å². The molecule has 3 N–H and O–H groups in total. The predicted octanol–water partition coefficient (Wildman–Crippen LogP) is 4.26. The molecule has 0 radical (unpaired) electrons. The summed E-state index contributed by atoms with van der Waals surface area (Å²) in [5, 5.41) is 8.98. The zero-order chi connectivity index (χ0) is 19.3. The third-order valence-corrected chi connectivity index (χ3v) is 4.21. The normalized spacial score (nSPS) is 10.5. The summed E-state index contributed by atoms with van der Waals surface area (Å²) < 4.78 is 0. The minimum Gasteiger partial charge on any atom is -0.376 e. The maximum Gasteiger partial charge on any atom is 0.243 e. The Bertz CT molecular complexity index is 793. The van der Waals surface area contributed by atoms with Gasteiger partial charge in [0.25, 0.3) is 0 Å². The quantitative estimate of drug-likeness (QED) is 0.727. The number of nitrogens with one attached hydrogen (secondary N) is 3. The molecule has 0 saturated heterocycles. The average Bonchev–Trinajstić information content (AvgIpc) is 2.58. The van der Waals surface area contributed by atoms with E-state index in [1.165, 1.54) is 0 Å². The number of para-hydroxylation sites is 1. The Kier molecular flexibility index (Phi) is 6.39. The van der Waals surface area contributed by atoms with Gasteiger partial charge >= 0.3 is 0 Å². The first-order valence-corrected chi connectivity index (χ1v) is 8.79. The molecule has 26 heavy (non-hydrogen) atoms. The Morgan fingerprint density at radius 1 is 0.923 bits per heavy atom. The van der Waals surface area contributed by atoms with Crippen molar-refractivity contribution in [2.75, 3.05) is 22.5 Å². The van der Waals surface area contributed by atoms with Crippen LogP contribution in [0.4, 0.5) is 17.1 Å². The maximum atomic E-state index is 12.3. The Hall–Kier alpha value is -2.82. The molecule has 0 bridgehead atoms. The lowest BCUT2D eigenvalue weighted by Gasteiger charge is -2.15. The molecular weight excluding hydrogens is 326 g/mol. The first kappa shape index (κ1) is 19.5. The number of aryl methyl sites for hydroxylation is 3. The van der Waals surface area contributed by atoms with E-state index in [0.717, 1.165) is 28.1 Å². The van der Waals surface area contributed by atoms with E-state index in [1.807, 2.05) is 71.0 Å². The highest BCUT2D eigenvalue weighted by molar-refractivity contribution is 5.96. The summed E-state index contributed by atoms with van der Waals surface area (Å²) in [5.74, 6) is -0.234. The molecule has 0 spiro atoms. The van der Waals surface area contributed by atoms with E-state index in [0.29, 0.717) is 5.69 Å². The van der Waals surface area contributed by atoms with Crippen LogP contribution < -0.4 is 16.0 Å². The molecule has 5 heteroatoms. The third kappa shape index (κ3) is 5.09. The van der Waals surface area contributed by atoms with Gasteiger partial charge < -0.3 is 16.0 Å². The first-order valence-electron chi connectivity index (χ1n) is 8.79. The fourth-order valence-electron chi connectivity index (χ4n) is 2.55. The smallest absolute Gasteiger partial charge is 0.243 e. The van der Waals surface area contributed by atoms with Crippen LogP contribution in [-0.2, 0) is 9.59 Å². The topological polar surface area (TPSA) is 70.2 Å². The molecule has 0 saturated carbocycles. The Balaban J connectivity index is 2.02. The standard InChI is InChI=1S/C21H27N3O2/c1-13(2)21(26)23-17-10-9-14(3)18(11-17)22-12-19(25)24-20-15(4)7-6-8-16(20)5/h6-11,13,22H,12H2,1-5H3,(H,23,26)(H,24,25). The average molecular weight is 353 g/mol. The molecule has 138 valence electrons. The van der Waals surface area contributed by atoms with Crippen LogP contribution in [0.5, 0.6) is 0 Å². The van der Waals surface area contributed by atoms with Gasteiger partial charge in [0, 0.05) is 23.0 Å². The fraction of sp³-hybridized carbons (Fsp3) is 0.333. The molecule has 2 amide bonds. The lowest BCUT2D eigenvalue weighted by atomic mass is 10.1. The number of rotatable bonds is 6. The van der Waals surface area contributed by atoms with Crippen LogP contribution in [0.15, 0.2) is 36.4 Å². The van der Waals surface area contributed by atoms with E-state index in [9.17, 15) is 9.59 Å². The summed E-state index contributed by atoms with van der Waals surface area (Å²) >= 11 is 0. The van der Waals surface area contributed by atoms with E-state index in [1.54, 1.807) is 0 Å². The van der Waals surface area contributed by atoms with Crippen LogP contribution in [0.2, 0.25) is 0 Å². The summed E-state index contributed by atoms with van der Waals surface area (Å²) in [5.41, 5.74) is 5.47. The van der Waals surface area contributed by atoms with E-state index >= 15 is 0 Å². The number of benzene rings is 2. The van der Waals surface area contributed by atoms with Gasteiger partial charge in [-0.15, -0.1) is 0 Å². The first-order chi connectivity index (χ1) is 12.3. The number of anilines is 3. The molecule has 0 aliphatic carbocycles. The highest BCUT2D eigenvalue weighted by Gasteiger charge is 2.10. The molecule has 0 heterocycles. The Morgan fingerprint density at radius 2 is 1.58 bits per heavy atom. The summed E-state index contributed by atoms with van der Waals surface area (Å²) in [6.07, 6.45) is 0. The van der Waals surface area contributed by atoms with Crippen LogP contribution >= 0.6 is 0 Å². The molecule has 5 nitrogen and oxygen atoms in total. The van der Waals surface area contributed by atoms with E-state index < -0.39 is 0 Å². The second-order valence-corrected chi connectivity index (χ2v) is 6.84. The third-order valence-electron chi connectivity index (χ3n) is 4.21. The minimum absolute atomic E-state index is 0.0347. The van der Waals surface area contributed by atoms with Gasteiger partial charge in [0.05, 0.1) is 6.54 Å². The second-order valence-electron chi connectivity index (χ2n) is 6.84. The Morgan fingerprint density at radius 3 is 2.19 bits per heavy atom. The largest absolute Gasteiger partial charge is 0.376 e. The van der Waals surface area contributed by atoms with Crippen molar-refractivity contribution >= 4 is 28.9 Å². The van der Waals surface area contributed by atoms with Crippen molar-refractivity contribution < 1.29 is 9.59 Å². The predicted molar refractivity (Wildman–Crippen MR) is 108 cm³/mol. The molecule has 0 aliphatic rings. The van der Waals surface area contributed by atoms with Crippen molar-refractivity contribution in [3.63, 3.8) is 0 Å². The van der Waals surface area contributed by atoms with Gasteiger partial charge in [-0.1, -0.05) is 38.1 Å². The van der Waals surface area contributed by atoms with Crippen molar-refractivity contribution in [3.8, 4) is 0 Å². The molecule has 0 fully saturated rings. The molecule has 0 aliphatic heterocycles. The fourth-order valence-corrected chi connectivity index (χ4v) is 2.55. The van der Waals surface area contributed by atoms with Crippen LogP contribution in [0.3, 0.4) is 0 Å². The van der Waals surface area contributed by atoms with E-state index in [2.05, 4.69) is 16.0 Å². The summed E-state index contributed by atoms with van der Waals surface area (Å²) in [4.78, 5) is 24.2. The van der Waals surface area contributed by atoms with Crippen LogP contribution in [0.1, 0.15) is 30.5 Å². The number of hydrogen-bond donors (Lipinski definition) is 3. The van der Waals surface area contributed by atoms with Gasteiger partial charge in [0.2, 0.25) is 11.8 Å². The van der Waals surface area contributed by atoms with Gasteiger partial charge in [-0.2, -0.15) is 0 Å². The summed E-state index contributed by atoms with van der Waals surface area (Å²) in [6, 6.07) is 11.5. The van der Waals surface area contributed by atoms with E-state index in [4.69, 9.17) is 0 Å². The Labute approximate surface area is 155 Å². The second kappa shape index (κ2) is 8.52. The molecule has 0 unspecified atom stereocenters. The van der Waals surface area contributed by atoms with Gasteiger partial charge in [-0.3, -0.25) is 9.59 Å². The van der Waals surface area contributed by atoms with Crippen LogP contribution in [0.25, 0.3) is 0 Å². The molecule has 2 aromatic rings. The molecule has 2 aromatic carbocycles. The lowest BCUT2D eigenvalue weighted by molar-refractivity contribution is -0.119. The summed E-state index contributed by atoms with van der Waals surface area (Å²) in [7, 11) is 0. The van der Waals surface area contributed by atoms with Crippen molar-refractivity contribution in [2.45, 2.75) is 34.6 Å². The number of carbonyl (C=O) groups is 2. The SMILES string of the molecule is Cc1ccc(NC(=O)C(C)C)cc1NCC(=O)Nc1c(C)cccc1C. The number of amides is 2. The van der Waals surface area contributed by atoms with Crippen molar-refractivity contribution in [1.82, 2.24) is 0 Å². The van der Waals surface area contributed by atoms with Crippen molar-refractivity contribution in [1.29, 1.82) is 0 Å². The van der Waals surface area contributed by atoms with E-state index in [-0.39, 0.29) is 24.3 Å². The summed E-state index contributed by atoms with van der Waals surface area (Å²) in [6.45, 7) is 9.75. The van der Waals surface area contributed by atoms with Crippen molar-refractivity contribution in [2.24, 2.45) is 5.92 Å². The highest BCUT2D eigenvalue weighted by Crippen LogP contribution is 2.22.